The molecule has 1 fully saturated rings. The number of hydrogen-bond acceptors (Lipinski definition) is 4. The lowest BCUT2D eigenvalue weighted by molar-refractivity contribution is 0.256. The summed E-state index contributed by atoms with van der Waals surface area (Å²) in [6, 6.07) is 12.4. The summed E-state index contributed by atoms with van der Waals surface area (Å²) in [6.45, 7) is 3.06. The fraction of sp³-hybridized carbons (Fsp3) is 0.333. The van der Waals surface area contributed by atoms with Crippen molar-refractivity contribution in [2.75, 3.05) is 25.0 Å². The molecule has 6 heteroatoms. The molecule has 124 valence electrons. The zero-order valence-electron chi connectivity index (χ0n) is 13.4. The van der Waals surface area contributed by atoms with Gasteiger partial charge in [0.05, 0.1) is 11.6 Å². The summed E-state index contributed by atoms with van der Waals surface area (Å²) < 4.78 is 0. The standard InChI is InChI=1S/C18H20ClN5/c19-14-7-5-13(6-8-14)16(24-10-1-2-11-24)12-21-18-22-15-4-3-9-20-17(15)23-18/h3-9,16H,1-2,10-12H2,(H2,20,21,22,23). The fourth-order valence-electron chi connectivity index (χ4n) is 3.32. The lowest BCUT2D eigenvalue weighted by Crippen LogP contribution is -2.31. The van der Waals surface area contributed by atoms with E-state index in [0.717, 1.165) is 41.8 Å². The van der Waals surface area contributed by atoms with Crippen LogP contribution in [0.5, 0.6) is 0 Å². The van der Waals surface area contributed by atoms with Gasteiger partial charge in [0.2, 0.25) is 5.95 Å². The molecule has 3 heterocycles. The highest BCUT2D eigenvalue weighted by Crippen LogP contribution is 2.26. The van der Waals surface area contributed by atoms with Gasteiger partial charge in [-0.25, -0.2) is 4.98 Å². The normalized spacial score (nSPS) is 16.5. The van der Waals surface area contributed by atoms with E-state index in [-0.39, 0.29) is 0 Å². The highest BCUT2D eigenvalue weighted by atomic mass is 35.5. The van der Waals surface area contributed by atoms with Crippen LogP contribution in [0.3, 0.4) is 0 Å². The van der Waals surface area contributed by atoms with Crippen molar-refractivity contribution >= 4 is 28.7 Å². The van der Waals surface area contributed by atoms with Gasteiger partial charge in [-0.3, -0.25) is 4.90 Å². The predicted octanol–water partition coefficient (Wildman–Crippen LogP) is 3.86. The van der Waals surface area contributed by atoms with Crippen molar-refractivity contribution < 1.29 is 0 Å². The lowest BCUT2D eigenvalue weighted by Gasteiger charge is -2.28. The van der Waals surface area contributed by atoms with E-state index in [2.05, 4.69) is 37.3 Å². The molecule has 0 radical (unpaired) electrons. The third kappa shape index (κ3) is 3.23. The molecule has 24 heavy (non-hydrogen) atoms. The number of nitrogens with one attached hydrogen (secondary N) is 2. The van der Waals surface area contributed by atoms with E-state index in [4.69, 9.17) is 11.6 Å². The monoisotopic (exact) mass is 341 g/mol. The fourth-order valence-corrected chi connectivity index (χ4v) is 3.44. The first-order valence-electron chi connectivity index (χ1n) is 8.34. The van der Waals surface area contributed by atoms with Gasteiger partial charge >= 0.3 is 0 Å². The number of aromatic nitrogens is 3. The van der Waals surface area contributed by atoms with Crippen molar-refractivity contribution in [2.24, 2.45) is 0 Å². The van der Waals surface area contributed by atoms with Gasteiger partial charge in [0, 0.05) is 17.8 Å². The molecule has 0 spiro atoms. The average Bonchev–Trinajstić information content (AvgIpc) is 3.26. The van der Waals surface area contributed by atoms with Crippen molar-refractivity contribution in [3.05, 3.63) is 53.2 Å². The van der Waals surface area contributed by atoms with Crippen molar-refractivity contribution in [1.29, 1.82) is 0 Å². The molecule has 0 bridgehead atoms. The van der Waals surface area contributed by atoms with Crippen LogP contribution in [0.25, 0.3) is 11.2 Å². The second-order valence-corrected chi connectivity index (χ2v) is 6.59. The van der Waals surface area contributed by atoms with E-state index in [1.807, 2.05) is 24.3 Å². The van der Waals surface area contributed by atoms with Crippen molar-refractivity contribution in [3.63, 3.8) is 0 Å². The first-order chi connectivity index (χ1) is 11.8. The third-order valence-corrected chi connectivity index (χ3v) is 4.81. The van der Waals surface area contributed by atoms with Crippen LogP contribution in [0.1, 0.15) is 24.4 Å². The molecule has 0 saturated carbocycles. The number of imidazole rings is 1. The van der Waals surface area contributed by atoms with Crippen molar-refractivity contribution in [2.45, 2.75) is 18.9 Å². The first-order valence-corrected chi connectivity index (χ1v) is 8.71. The Morgan fingerprint density at radius 2 is 1.96 bits per heavy atom. The molecule has 2 aromatic heterocycles. The topological polar surface area (TPSA) is 56.8 Å². The van der Waals surface area contributed by atoms with Gasteiger partial charge in [0.1, 0.15) is 0 Å². The molecule has 1 atom stereocenters. The Kier molecular flexibility index (Phi) is 4.36. The molecule has 2 N–H and O–H groups in total. The maximum Gasteiger partial charge on any atom is 0.202 e. The van der Waals surface area contributed by atoms with Crippen molar-refractivity contribution in [1.82, 2.24) is 19.9 Å². The summed E-state index contributed by atoms with van der Waals surface area (Å²) in [4.78, 5) is 14.6. The van der Waals surface area contributed by atoms with Crippen LogP contribution in [-0.4, -0.2) is 39.5 Å². The van der Waals surface area contributed by atoms with Gasteiger partial charge < -0.3 is 10.3 Å². The number of nitrogens with zero attached hydrogens (tertiary/aromatic N) is 3. The molecular weight excluding hydrogens is 322 g/mol. The molecule has 1 aliphatic rings. The second-order valence-electron chi connectivity index (χ2n) is 6.15. The Morgan fingerprint density at radius 1 is 1.17 bits per heavy atom. The Hall–Kier alpha value is -2.11. The number of aromatic amines is 1. The van der Waals surface area contributed by atoms with Crippen LogP contribution >= 0.6 is 11.6 Å². The van der Waals surface area contributed by atoms with Crippen LogP contribution in [0, 0.1) is 0 Å². The minimum Gasteiger partial charge on any atom is -0.354 e. The molecule has 3 aromatic rings. The predicted molar refractivity (Wildman–Crippen MR) is 97.4 cm³/mol. The van der Waals surface area contributed by atoms with E-state index in [1.54, 1.807) is 6.20 Å². The number of fused-ring (bicyclic) bond motifs is 1. The largest absolute Gasteiger partial charge is 0.354 e. The molecule has 0 amide bonds. The summed E-state index contributed by atoms with van der Waals surface area (Å²) in [5.41, 5.74) is 2.97. The smallest absolute Gasteiger partial charge is 0.202 e. The van der Waals surface area contributed by atoms with Crippen molar-refractivity contribution in [3.8, 4) is 0 Å². The number of halogens is 1. The number of rotatable bonds is 5. The minimum absolute atomic E-state index is 0.311. The summed E-state index contributed by atoms with van der Waals surface area (Å²) >= 11 is 6.04. The zero-order chi connectivity index (χ0) is 16.4. The molecule has 0 aliphatic carbocycles. The van der Waals surface area contributed by atoms with E-state index in [9.17, 15) is 0 Å². The Balaban J connectivity index is 1.53. The third-order valence-electron chi connectivity index (χ3n) is 4.56. The van der Waals surface area contributed by atoms with Crippen LogP contribution in [0.15, 0.2) is 42.6 Å². The molecule has 1 unspecified atom stereocenters. The molecule has 1 saturated heterocycles. The number of pyridine rings is 1. The van der Waals surface area contributed by atoms with Gasteiger partial charge in [-0.05, 0) is 55.8 Å². The first kappa shape index (κ1) is 15.4. The summed E-state index contributed by atoms with van der Waals surface area (Å²) in [5.74, 6) is 0.766. The molecule has 1 aliphatic heterocycles. The SMILES string of the molecule is Clc1ccc(C(CNc2nc3ncccc3[nH]2)N2CCCC2)cc1. The van der Waals surface area contributed by atoms with Crippen LogP contribution in [0.2, 0.25) is 5.02 Å². The van der Waals surface area contributed by atoms with Crippen LogP contribution in [-0.2, 0) is 0 Å². The number of anilines is 1. The Labute approximate surface area is 146 Å². The van der Waals surface area contributed by atoms with Gasteiger partial charge in [-0.15, -0.1) is 0 Å². The maximum atomic E-state index is 6.04. The summed E-state index contributed by atoms with van der Waals surface area (Å²) in [5, 5.41) is 4.22. The zero-order valence-corrected chi connectivity index (χ0v) is 14.1. The van der Waals surface area contributed by atoms with E-state index in [0.29, 0.717) is 6.04 Å². The number of likely N-dealkylation sites (tertiary alicyclic amines) is 1. The number of hydrogen-bond donors (Lipinski definition) is 2. The highest BCUT2D eigenvalue weighted by molar-refractivity contribution is 6.30. The molecule has 5 nitrogen and oxygen atoms in total. The number of H-pyrrole nitrogens is 1. The Morgan fingerprint density at radius 3 is 2.71 bits per heavy atom. The van der Waals surface area contributed by atoms with E-state index < -0.39 is 0 Å². The lowest BCUT2D eigenvalue weighted by atomic mass is 10.1. The second kappa shape index (κ2) is 6.79. The quantitative estimate of drug-likeness (QED) is 0.740. The average molecular weight is 342 g/mol. The minimum atomic E-state index is 0.311. The van der Waals surface area contributed by atoms with Gasteiger partial charge in [-0.2, -0.15) is 4.98 Å². The maximum absolute atomic E-state index is 6.04. The van der Waals surface area contributed by atoms with E-state index >= 15 is 0 Å². The summed E-state index contributed by atoms with van der Waals surface area (Å²) in [6.07, 6.45) is 4.28. The highest BCUT2D eigenvalue weighted by Gasteiger charge is 2.23. The molecule has 4 rings (SSSR count). The van der Waals surface area contributed by atoms with Crippen LogP contribution in [0.4, 0.5) is 5.95 Å². The van der Waals surface area contributed by atoms with E-state index in [1.165, 1.54) is 18.4 Å². The van der Waals surface area contributed by atoms with Crippen LogP contribution < -0.4 is 5.32 Å². The summed E-state index contributed by atoms with van der Waals surface area (Å²) in [7, 11) is 0. The molecular formula is C18H20ClN5. The number of benzene rings is 1. The van der Waals surface area contributed by atoms with Gasteiger partial charge in [0.25, 0.3) is 0 Å². The van der Waals surface area contributed by atoms with Gasteiger partial charge in [0.15, 0.2) is 5.65 Å². The Bertz CT molecular complexity index is 775. The van der Waals surface area contributed by atoms with Gasteiger partial charge in [-0.1, -0.05) is 23.7 Å². The molecule has 1 aromatic carbocycles.